The molecule has 150 valence electrons. The van der Waals surface area contributed by atoms with E-state index >= 15 is 0 Å². The number of nitrogens with zero attached hydrogens (tertiary/aromatic N) is 3. The number of sulfonamides is 1. The van der Waals surface area contributed by atoms with Crippen LogP contribution in [0.4, 0.5) is 5.13 Å². The lowest BCUT2D eigenvalue weighted by Crippen LogP contribution is -2.25. The molecule has 4 aromatic rings. The molecule has 0 spiro atoms. The number of rotatable bonds is 6. The van der Waals surface area contributed by atoms with Crippen molar-refractivity contribution >= 4 is 37.8 Å². The Balaban J connectivity index is 1.80. The molecule has 2 heterocycles. The number of aromatic nitrogens is 3. The smallest absolute Gasteiger partial charge is 0.408 e. The number of hydrogen-bond donors (Lipinski definition) is 1. The van der Waals surface area contributed by atoms with Crippen molar-refractivity contribution in [3.63, 3.8) is 0 Å². The molecule has 1 atom stereocenters. The van der Waals surface area contributed by atoms with E-state index < -0.39 is 15.8 Å². The molecule has 0 aliphatic carbocycles. The first-order valence-corrected chi connectivity index (χ1v) is 11.1. The van der Waals surface area contributed by atoms with Gasteiger partial charge < -0.3 is 4.42 Å². The number of nitrogens with one attached hydrogen (secondary N) is 1. The average Bonchev–Trinajstić information content (AvgIpc) is 3.29. The van der Waals surface area contributed by atoms with Crippen molar-refractivity contribution in [2.24, 2.45) is 5.92 Å². The molecule has 1 unspecified atom stereocenters. The quantitative estimate of drug-likeness (QED) is 0.502. The molecule has 10 heteroatoms. The highest BCUT2D eigenvalue weighted by Crippen LogP contribution is 2.30. The minimum atomic E-state index is -3.88. The highest BCUT2D eigenvalue weighted by Gasteiger charge is 2.25. The third-order valence-corrected chi connectivity index (χ3v) is 6.57. The Kier molecular flexibility index (Phi) is 4.97. The fourth-order valence-corrected chi connectivity index (χ4v) is 5.00. The monoisotopic (exact) mass is 430 g/mol. The van der Waals surface area contributed by atoms with Gasteiger partial charge in [0.25, 0.3) is 10.0 Å². The Morgan fingerprint density at radius 3 is 2.55 bits per heavy atom. The van der Waals surface area contributed by atoms with Crippen molar-refractivity contribution in [2.45, 2.75) is 24.8 Å². The first-order chi connectivity index (χ1) is 13.9. The zero-order valence-electron chi connectivity index (χ0n) is 15.6. The molecule has 0 saturated carbocycles. The van der Waals surface area contributed by atoms with Crippen LogP contribution in [-0.4, -0.2) is 22.3 Å². The van der Waals surface area contributed by atoms with Gasteiger partial charge in [0.05, 0.1) is 16.5 Å². The zero-order valence-corrected chi connectivity index (χ0v) is 17.3. The summed E-state index contributed by atoms with van der Waals surface area (Å²) in [6.07, 6.45) is 1.26. The second-order valence-electron chi connectivity index (χ2n) is 6.82. The summed E-state index contributed by atoms with van der Waals surface area (Å²) in [7, 11) is -3.88. The van der Waals surface area contributed by atoms with Crippen molar-refractivity contribution in [1.29, 1.82) is 0 Å². The predicted molar refractivity (Wildman–Crippen MR) is 111 cm³/mol. The minimum absolute atomic E-state index is 0.0260. The van der Waals surface area contributed by atoms with Crippen LogP contribution in [0.5, 0.6) is 0 Å². The Labute approximate surface area is 171 Å². The Hall–Kier alpha value is -2.98. The molecule has 4 rings (SSSR count). The Bertz CT molecular complexity index is 1290. The van der Waals surface area contributed by atoms with Crippen LogP contribution in [0.25, 0.3) is 11.1 Å². The normalized spacial score (nSPS) is 13.1. The number of benzene rings is 2. The van der Waals surface area contributed by atoms with Crippen molar-refractivity contribution in [2.75, 3.05) is 4.72 Å². The Morgan fingerprint density at radius 2 is 1.90 bits per heavy atom. The van der Waals surface area contributed by atoms with Gasteiger partial charge in [-0.2, -0.15) is 4.37 Å². The topological polar surface area (TPSA) is 107 Å². The summed E-state index contributed by atoms with van der Waals surface area (Å²) < 4.78 is 38.3. The van der Waals surface area contributed by atoms with Crippen molar-refractivity contribution < 1.29 is 12.8 Å². The summed E-state index contributed by atoms with van der Waals surface area (Å²) in [4.78, 5) is 16.5. The predicted octanol–water partition coefficient (Wildman–Crippen LogP) is 3.49. The molecule has 8 nitrogen and oxygen atoms in total. The number of hydrogen-bond acceptors (Lipinski definition) is 7. The standard InChI is InChI=1S/C19H18N4O4S2/c1-12(2)17(13-6-4-3-5-7-13)23-15-9-8-14(10-16(15)27-19(23)24)29(25,26)22-18-20-11-21-28-18/h3-12,17H,1-2H3,(H,20,21,22). The van der Waals surface area contributed by atoms with Crippen LogP contribution in [-0.2, 0) is 10.0 Å². The summed E-state index contributed by atoms with van der Waals surface area (Å²) in [5.74, 6) is -0.424. The maximum absolute atomic E-state index is 12.7. The lowest BCUT2D eigenvalue weighted by Gasteiger charge is -2.22. The van der Waals surface area contributed by atoms with Gasteiger partial charge in [0, 0.05) is 17.6 Å². The molecule has 0 aliphatic rings. The van der Waals surface area contributed by atoms with Gasteiger partial charge in [-0.3, -0.25) is 9.29 Å². The lowest BCUT2D eigenvalue weighted by molar-refractivity contribution is 0.401. The molecule has 0 fully saturated rings. The van der Waals surface area contributed by atoms with Crippen LogP contribution in [0.2, 0.25) is 0 Å². The number of anilines is 1. The van der Waals surface area contributed by atoms with Gasteiger partial charge >= 0.3 is 5.76 Å². The molecule has 1 N–H and O–H groups in total. The van der Waals surface area contributed by atoms with Crippen molar-refractivity contribution in [3.05, 3.63) is 71.0 Å². The average molecular weight is 431 g/mol. The molecule has 0 bridgehead atoms. The van der Waals surface area contributed by atoms with Crippen LogP contribution in [0.1, 0.15) is 25.5 Å². The highest BCUT2D eigenvalue weighted by atomic mass is 32.2. The van der Waals surface area contributed by atoms with Crippen molar-refractivity contribution in [1.82, 2.24) is 13.9 Å². The van der Waals surface area contributed by atoms with E-state index in [1.807, 2.05) is 44.2 Å². The van der Waals surface area contributed by atoms with Gasteiger partial charge in [0.2, 0.25) is 5.13 Å². The van der Waals surface area contributed by atoms with Gasteiger partial charge in [-0.1, -0.05) is 44.2 Å². The molecular formula is C19H18N4O4S2. The van der Waals surface area contributed by atoms with Gasteiger partial charge in [-0.25, -0.2) is 18.2 Å². The van der Waals surface area contributed by atoms with Gasteiger partial charge in [-0.05, 0) is 23.6 Å². The zero-order chi connectivity index (χ0) is 20.6. The molecule has 0 amide bonds. The van der Waals surface area contributed by atoms with Crippen LogP contribution >= 0.6 is 11.5 Å². The first kappa shape index (κ1) is 19.3. The first-order valence-electron chi connectivity index (χ1n) is 8.86. The summed E-state index contributed by atoms with van der Waals surface area (Å²) in [6, 6.07) is 13.8. The number of oxazole rings is 1. The van der Waals surface area contributed by atoms with Crippen LogP contribution in [0.3, 0.4) is 0 Å². The third-order valence-electron chi connectivity index (χ3n) is 4.53. The largest absolute Gasteiger partial charge is 0.420 e. The van der Waals surface area contributed by atoms with E-state index in [0.717, 1.165) is 17.1 Å². The van der Waals surface area contributed by atoms with E-state index in [1.54, 1.807) is 10.6 Å². The SMILES string of the molecule is CC(C)C(c1ccccc1)n1c(=O)oc2cc(S(=O)(=O)Nc3ncns3)ccc21. The van der Waals surface area contributed by atoms with E-state index in [9.17, 15) is 13.2 Å². The fourth-order valence-electron chi connectivity index (χ4n) is 3.32. The van der Waals surface area contributed by atoms with Gasteiger partial charge in [0.15, 0.2) is 5.58 Å². The maximum atomic E-state index is 12.7. The van der Waals surface area contributed by atoms with E-state index in [4.69, 9.17) is 4.42 Å². The minimum Gasteiger partial charge on any atom is -0.408 e. The molecule has 2 aromatic carbocycles. The molecule has 29 heavy (non-hydrogen) atoms. The van der Waals surface area contributed by atoms with E-state index in [0.29, 0.717) is 5.52 Å². The highest BCUT2D eigenvalue weighted by molar-refractivity contribution is 7.93. The third kappa shape index (κ3) is 3.68. The second kappa shape index (κ2) is 7.45. The second-order valence-corrected chi connectivity index (χ2v) is 9.28. The molecular weight excluding hydrogens is 412 g/mol. The van der Waals surface area contributed by atoms with E-state index in [2.05, 4.69) is 14.1 Å². The molecule has 2 aromatic heterocycles. The van der Waals surface area contributed by atoms with Crippen LogP contribution in [0.15, 0.2) is 69.0 Å². The maximum Gasteiger partial charge on any atom is 0.420 e. The van der Waals surface area contributed by atoms with Crippen LogP contribution < -0.4 is 10.5 Å². The molecule has 0 saturated heterocycles. The summed E-state index contributed by atoms with van der Waals surface area (Å²) in [6.45, 7) is 4.04. The van der Waals surface area contributed by atoms with Crippen molar-refractivity contribution in [3.8, 4) is 0 Å². The van der Waals surface area contributed by atoms with Gasteiger partial charge in [-0.15, -0.1) is 0 Å². The fraction of sp³-hybridized carbons (Fsp3) is 0.211. The summed E-state index contributed by atoms with van der Waals surface area (Å²) >= 11 is 0.930. The van der Waals surface area contributed by atoms with E-state index in [-0.39, 0.29) is 27.6 Å². The van der Waals surface area contributed by atoms with Crippen LogP contribution in [0, 0.1) is 5.92 Å². The lowest BCUT2D eigenvalue weighted by atomic mass is 9.95. The summed E-state index contributed by atoms with van der Waals surface area (Å²) in [5, 5.41) is 0.160. The Morgan fingerprint density at radius 1 is 1.14 bits per heavy atom. The van der Waals surface area contributed by atoms with E-state index in [1.165, 1.54) is 18.5 Å². The summed E-state index contributed by atoms with van der Waals surface area (Å²) in [5.41, 5.74) is 1.71. The number of fused-ring (bicyclic) bond motifs is 1. The molecule has 0 aliphatic heterocycles. The van der Waals surface area contributed by atoms with Gasteiger partial charge in [0.1, 0.15) is 6.33 Å². The molecule has 0 radical (unpaired) electrons.